The minimum atomic E-state index is 0.318. The molecule has 0 aliphatic heterocycles. The minimum Gasteiger partial charge on any atom is -0.327 e. The quantitative estimate of drug-likeness (QED) is 0.717. The van der Waals surface area contributed by atoms with Gasteiger partial charge in [0.25, 0.3) is 0 Å². The van der Waals surface area contributed by atoms with Crippen molar-refractivity contribution in [2.75, 3.05) is 5.75 Å². The van der Waals surface area contributed by atoms with Gasteiger partial charge in [-0.2, -0.15) is 11.8 Å². The second-order valence-electron chi connectivity index (χ2n) is 4.61. The molecule has 0 amide bonds. The molecule has 74 valence electrons. The summed E-state index contributed by atoms with van der Waals surface area (Å²) in [5.74, 6) is 1.06. The van der Waals surface area contributed by atoms with Gasteiger partial charge in [0.05, 0.1) is 0 Å². The van der Waals surface area contributed by atoms with Crippen molar-refractivity contribution in [2.45, 2.75) is 45.1 Å². The predicted molar refractivity (Wildman–Crippen MR) is 63.7 cm³/mol. The first kappa shape index (κ1) is 12.7. The Hall–Kier alpha value is 0.740. The maximum Gasteiger partial charge on any atom is 0.0196 e. The highest BCUT2D eigenvalue weighted by Crippen LogP contribution is 2.31. The lowest BCUT2D eigenvalue weighted by atomic mass is 9.93. The number of nitrogens with two attached hydrogens (primary N) is 1. The van der Waals surface area contributed by atoms with Crippen LogP contribution in [0.3, 0.4) is 0 Å². The van der Waals surface area contributed by atoms with E-state index in [4.69, 9.17) is 5.73 Å². The van der Waals surface area contributed by atoms with E-state index in [2.05, 4.69) is 36.9 Å². The fourth-order valence-corrected chi connectivity index (χ4v) is 3.15. The van der Waals surface area contributed by atoms with E-state index in [0.29, 0.717) is 16.4 Å². The monoisotopic (exact) mass is 207 g/mol. The Morgan fingerprint density at radius 2 is 1.92 bits per heavy atom. The van der Waals surface area contributed by atoms with Gasteiger partial charge in [-0.25, -0.2) is 0 Å². The van der Waals surface area contributed by atoms with Crippen molar-refractivity contribution < 1.29 is 0 Å². The van der Waals surface area contributed by atoms with Crippen molar-refractivity contribution in [1.82, 2.24) is 0 Å². The zero-order chi connectivity index (χ0) is 9.78. The van der Waals surface area contributed by atoms with Gasteiger partial charge >= 0.3 is 0 Å². The van der Waals surface area contributed by atoms with Crippen LogP contribution in [-0.4, -0.2) is 16.8 Å². The van der Waals surface area contributed by atoms with Gasteiger partial charge in [-0.05, 0) is 18.8 Å². The molecule has 0 saturated carbocycles. The van der Waals surface area contributed by atoms with Crippen LogP contribution in [0, 0.1) is 5.41 Å². The highest BCUT2D eigenvalue weighted by atomic mass is 32.2. The van der Waals surface area contributed by atoms with Crippen LogP contribution in [0.5, 0.6) is 0 Å². The summed E-state index contributed by atoms with van der Waals surface area (Å²) < 4.78 is 0. The van der Waals surface area contributed by atoms with Crippen molar-refractivity contribution in [2.24, 2.45) is 11.1 Å². The first-order valence-electron chi connectivity index (χ1n) is 4.44. The molecule has 0 aromatic rings. The fourth-order valence-electron chi connectivity index (χ4n) is 0.938. The number of rotatable bonds is 4. The van der Waals surface area contributed by atoms with Crippen molar-refractivity contribution in [3.8, 4) is 0 Å². The van der Waals surface area contributed by atoms with Crippen LogP contribution in [0.2, 0.25) is 0 Å². The third kappa shape index (κ3) is 8.83. The van der Waals surface area contributed by atoms with Crippen LogP contribution in [0.25, 0.3) is 0 Å². The molecular weight excluding hydrogens is 185 g/mol. The van der Waals surface area contributed by atoms with Crippen molar-refractivity contribution >= 4 is 21.0 Å². The second-order valence-corrected chi connectivity index (χ2v) is 7.17. The van der Waals surface area contributed by atoms with Crippen LogP contribution >= 0.6 is 21.0 Å². The van der Waals surface area contributed by atoms with Gasteiger partial charge in [0.15, 0.2) is 0 Å². The number of hydrogen-bond acceptors (Lipinski definition) is 2. The van der Waals surface area contributed by atoms with Crippen LogP contribution < -0.4 is 5.73 Å². The molecule has 0 aliphatic carbocycles. The minimum absolute atomic E-state index is 0.318. The van der Waals surface area contributed by atoms with Crippen LogP contribution in [-0.2, 0) is 0 Å². The lowest BCUT2D eigenvalue weighted by Gasteiger charge is -2.23. The van der Waals surface area contributed by atoms with Crippen molar-refractivity contribution in [1.29, 1.82) is 0 Å². The molecular formula is C9H22NPS. The maximum atomic E-state index is 5.67. The SMILES string of the molecule is CC(N)CSC(P)CC(C)(C)C. The highest BCUT2D eigenvalue weighted by molar-refractivity contribution is 8.03. The van der Waals surface area contributed by atoms with Gasteiger partial charge in [-0.3, -0.25) is 0 Å². The molecule has 0 aliphatic rings. The maximum absolute atomic E-state index is 5.67. The average molecular weight is 207 g/mol. The third-order valence-electron chi connectivity index (χ3n) is 1.39. The van der Waals surface area contributed by atoms with Gasteiger partial charge in [-0.1, -0.05) is 20.8 Å². The zero-order valence-electron chi connectivity index (χ0n) is 8.63. The van der Waals surface area contributed by atoms with Crippen molar-refractivity contribution in [3.05, 3.63) is 0 Å². The summed E-state index contributed by atoms with van der Waals surface area (Å²) in [7, 11) is 2.89. The first-order chi connectivity index (χ1) is 5.31. The Kier molecular flexibility index (Phi) is 5.80. The van der Waals surface area contributed by atoms with Gasteiger partial charge in [0.2, 0.25) is 0 Å². The summed E-state index contributed by atoms with van der Waals surface area (Å²) in [5.41, 5.74) is 6.10. The lowest BCUT2D eigenvalue weighted by Crippen LogP contribution is -2.20. The second kappa shape index (κ2) is 5.47. The molecule has 3 heteroatoms. The molecule has 1 nitrogen and oxygen atoms in total. The highest BCUT2D eigenvalue weighted by Gasteiger charge is 2.15. The number of thioether (sulfide) groups is 1. The molecule has 3 unspecified atom stereocenters. The molecule has 0 fully saturated rings. The molecule has 0 heterocycles. The smallest absolute Gasteiger partial charge is 0.0196 e. The first-order valence-corrected chi connectivity index (χ1v) is 6.15. The van der Waals surface area contributed by atoms with E-state index in [1.165, 1.54) is 6.42 Å². The number of hydrogen-bond donors (Lipinski definition) is 1. The topological polar surface area (TPSA) is 26.0 Å². The van der Waals surface area contributed by atoms with Crippen LogP contribution in [0.1, 0.15) is 34.1 Å². The summed E-state index contributed by atoms with van der Waals surface area (Å²) in [6.45, 7) is 8.88. The summed E-state index contributed by atoms with van der Waals surface area (Å²) in [5, 5.41) is 0. The molecule has 0 saturated heterocycles. The molecule has 0 aromatic heterocycles. The average Bonchev–Trinajstić information content (AvgIpc) is 1.79. The van der Waals surface area contributed by atoms with E-state index in [9.17, 15) is 0 Å². The molecule has 0 bridgehead atoms. The summed E-state index contributed by atoms with van der Waals surface area (Å²) in [4.78, 5) is 0.649. The molecule has 0 rings (SSSR count). The largest absolute Gasteiger partial charge is 0.327 e. The molecule has 0 radical (unpaired) electrons. The summed E-state index contributed by atoms with van der Waals surface area (Å²) >= 11 is 1.95. The van der Waals surface area contributed by atoms with E-state index in [1.54, 1.807) is 0 Å². The van der Waals surface area contributed by atoms with E-state index >= 15 is 0 Å². The Bertz CT molecular complexity index is 120. The molecule has 0 aromatic carbocycles. The van der Waals surface area contributed by atoms with E-state index in [0.717, 1.165) is 5.75 Å². The third-order valence-corrected chi connectivity index (χ3v) is 3.51. The van der Waals surface area contributed by atoms with E-state index in [-0.39, 0.29) is 0 Å². The fraction of sp³-hybridized carbons (Fsp3) is 1.00. The van der Waals surface area contributed by atoms with Gasteiger partial charge < -0.3 is 5.73 Å². The van der Waals surface area contributed by atoms with E-state index < -0.39 is 0 Å². The van der Waals surface area contributed by atoms with Crippen LogP contribution in [0.15, 0.2) is 0 Å². The van der Waals surface area contributed by atoms with Gasteiger partial charge in [-0.15, -0.1) is 9.24 Å². The summed E-state index contributed by atoms with van der Waals surface area (Å²) in [6, 6.07) is 0.318. The van der Waals surface area contributed by atoms with Gasteiger partial charge in [0, 0.05) is 16.8 Å². The lowest BCUT2D eigenvalue weighted by molar-refractivity contribution is 0.394. The van der Waals surface area contributed by atoms with E-state index in [1.807, 2.05) is 11.8 Å². The molecule has 2 N–H and O–H groups in total. The standard InChI is InChI=1S/C9H22NPS/c1-7(10)6-12-8(11)5-9(2,3)4/h7-8H,5-6,10-11H2,1-4H3. The predicted octanol–water partition coefficient (Wildman–Crippen LogP) is 2.70. The van der Waals surface area contributed by atoms with Crippen molar-refractivity contribution in [3.63, 3.8) is 0 Å². The Labute approximate surface area is 83.5 Å². The molecule has 3 atom stereocenters. The Balaban J connectivity index is 3.53. The van der Waals surface area contributed by atoms with Gasteiger partial charge in [0.1, 0.15) is 0 Å². The summed E-state index contributed by atoms with van der Waals surface area (Å²) in [6.07, 6.45) is 1.23. The zero-order valence-corrected chi connectivity index (χ0v) is 10.6. The molecule has 0 spiro atoms. The Morgan fingerprint density at radius 1 is 1.42 bits per heavy atom. The normalized spacial score (nSPS) is 17.5. The molecule has 12 heavy (non-hydrogen) atoms. The van der Waals surface area contributed by atoms with Crippen LogP contribution in [0.4, 0.5) is 0 Å². The Morgan fingerprint density at radius 3 is 2.25 bits per heavy atom.